The Hall–Kier alpha value is -2.51. The van der Waals surface area contributed by atoms with Gasteiger partial charge >= 0.3 is 5.97 Å². The molecule has 2 N–H and O–H groups in total. The molecule has 0 aliphatic carbocycles. The molecule has 0 spiro atoms. The maximum absolute atomic E-state index is 11.8. The van der Waals surface area contributed by atoms with E-state index in [-0.39, 0.29) is 16.9 Å². The zero-order valence-electron chi connectivity index (χ0n) is 15.2. The van der Waals surface area contributed by atoms with Crippen molar-refractivity contribution in [3.8, 4) is 0 Å². The third-order valence-corrected chi connectivity index (χ3v) is 4.16. The van der Waals surface area contributed by atoms with Crippen molar-refractivity contribution in [1.82, 2.24) is 9.97 Å². The van der Waals surface area contributed by atoms with Crippen molar-refractivity contribution in [2.24, 2.45) is 0 Å². The van der Waals surface area contributed by atoms with Gasteiger partial charge in [0.25, 0.3) is 5.56 Å². The summed E-state index contributed by atoms with van der Waals surface area (Å²) in [5, 5.41) is 0. The molecule has 0 aliphatic heterocycles. The van der Waals surface area contributed by atoms with Crippen molar-refractivity contribution in [2.45, 2.75) is 32.3 Å². The average Bonchev–Trinajstić information content (AvgIpc) is 2.67. The fourth-order valence-corrected chi connectivity index (χ4v) is 2.56. The minimum atomic E-state index is -0.645. The van der Waals surface area contributed by atoms with Crippen molar-refractivity contribution >= 4 is 24.3 Å². The number of nitrogens with one attached hydrogen (secondary N) is 2. The van der Waals surface area contributed by atoms with Gasteiger partial charge in [0.15, 0.2) is 4.77 Å². The maximum Gasteiger partial charge on any atom is 0.345 e. The monoisotopic (exact) mass is 388 g/mol. The smallest absolute Gasteiger partial charge is 0.345 e. The van der Waals surface area contributed by atoms with Gasteiger partial charge < -0.3 is 14.5 Å². The Morgan fingerprint density at radius 3 is 2.48 bits per heavy atom. The highest BCUT2D eigenvalue weighted by molar-refractivity contribution is 7.71. The van der Waals surface area contributed by atoms with Crippen LogP contribution in [-0.2, 0) is 16.1 Å². The molecule has 0 unspecified atom stereocenters. The standard InChI is InChI=1S/C20H24N2O4S/c1-2-15-7-9-16(10-8-15)14-25-11-5-3-4-6-12-26-19(24)17-13-21-20(27)22-18(17)23/h2,7-10,13H,1,3-6,11-12,14H2,(H2,21,22,23,27). The Labute approximate surface area is 163 Å². The van der Waals surface area contributed by atoms with Crippen LogP contribution in [0, 0.1) is 4.77 Å². The number of rotatable bonds is 11. The van der Waals surface area contributed by atoms with Gasteiger partial charge in [-0.25, -0.2) is 4.79 Å². The number of carbonyl (C=O) groups excluding carboxylic acids is 1. The van der Waals surface area contributed by atoms with Gasteiger partial charge in [0.2, 0.25) is 0 Å². The Bertz CT molecular complexity index is 855. The lowest BCUT2D eigenvalue weighted by molar-refractivity contribution is 0.0493. The van der Waals surface area contributed by atoms with E-state index >= 15 is 0 Å². The lowest BCUT2D eigenvalue weighted by Crippen LogP contribution is -2.20. The molecular formula is C20H24N2O4S. The van der Waals surface area contributed by atoms with Crippen molar-refractivity contribution < 1.29 is 14.3 Å². The molecule has 2 rings (SSSR count). The molecule has 0 saturated carbocycles. The van der Waals surface area contributed by atoms with E-state index in [4.69, 9.17) is 21.7 Å². The fraction of sp³-hybridized carbons (Fsp3) is 0.350. The van der Waals surface area contributed by atoms with Gasteiger partial charge in [0, 0.05) is 12.8 Å². The molecule has 0 bridgehead atoms. The summed E-state index contributed by atoms with van der Waals surface area (Å²) in [7, 11) is 0. The molecule has 1 aromatic carbocycles. The van der Waals surface area contributed by atoms with Crippen molar-refractivity contribution in [1.29, 1.82) is 0 Å². The van der Waals surface area contributed by atoms with E-state index in [1.165, 1.54) is 6.20 Å². The highest BCUT2D eigenvalue weighted by atomic mass is 32.1. The quantitative estimate of drug-likeness (QED) is 0.345. The molecule has 0 saturated heterocycles. The highest BCUT2D eigenvalue weighted by Gasteiger charge is 2.11. The lowest BCUT2D eigenvalue weighted by atomic mass is 10.1. The number of H-pyrrole nitrogens is 2. The predicted molar refractivity (Wildman–Crippen MR) is 107 cm³/mol. The van der Waals surface area contributed by atoms with E-state index in [9.17, 15) is 9.59 Å². The van der Waals surface area contributed by atoms with Gasteiger partial charge in [-0.2, -0.15) is 0 Å². The van der Waals surface area contributed by atoms with Crippen LogP contribution in [0.15, 0.2) is 41.8 Å². The Kier molecular flexibility index (Phi) is 8.67. The second kappa shape index (κ2) is 11.3. The summed E-state index contributed by atoms with van der Waals surface area (Å²) in [5.41, 5.74) is 1.63. The van der Waals surface area contributed by atoms with Crippen LogP contribution in [-0.4, -0.2) is 29.2 Å². The van der Waals surface area contributed by atoms with E-state index in [1.807, 2.05) is 30.3 Å². The first-order valence-electron chi connectivity index (χ1n) is 8.88. The number of benzene rings is 1. The molecule has 0 aliphatic rings. The number of carbonyl (C=O) groups is 1. The number of ether oxygens (including phenoxy) is 2. The summed E-state index contributed by atoms with van der Waals surface area (Å²) in [6, 6.07) is 8.11. The van der Waals surface area contributed by atoms with E-state index in [0.29, 0.717) is 13.2 Å². The minimum absolute atomic E-state index is 0.0712. The van der Waals surface area contributed by atoms with Gasteiger partial charge in [0.05, 0.1) is 13.2 Å². The van der Waals surface area contributed by atoms with Gasteiger partial charge in [-0.05, 0) is 42.6 Å². The molecule has 144 valence electrons. The molecule has 2 aromatic rings. The lowest BCUT2D eigenvalue weighted by Gasteiger charge is -2.06. The highest BCUT2D eigenvalue weighted by Crippen LogP contribution is 2.08. The minimum Gasteiger partial charge on any atom is -0.462 e. The summed E-state index contributed by atoms with van der Waals surface area (Å²) < 4.78 is 10.9. The number of aromatic amines is 2. The second-order valence-electron chi connectivity index (χ2n) is 6.03. The van der Waals surface area contributed by atoms with Crippen molar-refractivity contribution in [3.63, 3.8) is 0 Å². The van der Waals surface area contributed by atoms with Crippen molar-refractivity contribution in [2.75, 3.05) is 13.2 Å². The molecule has 7 heteroatoms. The second-order valence-corrected chi connectivity index (χ2v) is 6.44. The first kappa shape index (κ1) is 20.8. The van der Waals surface area contributed by atoms with Gasteiger partial charge in [-0.3, -0.25) is 9.78 Å². The third kappa shape index (κ3) is 7.32. The van der Waals surface area contributed by atoms with Gasteiger partial charge in [-0.1, -0.05) is 43.3 Å². The molecule has 0 fully saturated rings. The molecule has 0 amide bonds. The number of aromatic nitrogens is 2. The maximum atomic E-state index is 11.8. The van der Waals surface area contributed by atoms with E-state index in [2.05, 4.69) is 16.5 Å². The Morgan fingerprint density at radius 2 is 1.81 bits per heavy atom. The van der Waals surface area contributed by atoms with Crippen LogP contribution in [0.2, 0.25) is 0 Å². The molecular weight excluding hydrogens is 364 g/mol. The molecule has 1 heterocycles. The average molecular weight is 388 g/mol. The summed E-state index contributed by atoms with van der Waals surface area (Å²) in [6.07, 6.45) is 6.70. The fourth-order valence-electron chi connectivity index (χ4n) is 2.40. The van der Waals surface area contributed by atoms with Crippen LogP contribution in [0.1, 0.15) is 47.2 Å². The molecule has 27 heavy (non-hydrogen) atoms. The summed E-state index contributed by atoms with van der Waals surface area (Å²) >= 11 is 4.77. The predicted octanol–water partition coefficient (Wildman–Crippen LogP) is 4.01. The zero-order chi connectivity index (χ0) is 19.5. The topological polar surface area (TPSA) is 84.2 Å². The first-order chi connectivity index (χ1) is 13.1. The summed E-state index contributed by atoms with van der Waals surface area (Å²) in [6.45, 7) is 5.31. The largest absolute Gasteiger partial charge is 0.462 e. The van der Waals surface area contributed by atoms with E-state index in [0.717, 1.165) is 36.8 Å². The summed E-state index contributed by atoms with van der Waals surface area (Å²) in [5.74, 6) is -0.645. The normalized spacial score (nSPS) is 10.5. The van der Waals surface area contributed by atoms with Crippen LogP contribution in [0.3, 0.4) is 0 Å². The SMILES string of the molecule is C=Cc1ccc(COCCCCCCOC(=O)c2c[nH]c(=S)[nH]c2=O)cc1. The molecule has 0 atom stereocenters. The number of hydrogen-bond acceptors (Lipinski definition) is 5. The number of hydrogen-bond donors (Lipinski definition) is 2. The van der Waals surface area contributed by atoms with Crippen LogP contribution >= 0.6 is 12.2 Å². The molecule has 0 radical (unpaired) electrons. The number of esters is 1. The third-order valence-electron chi connectivity index (χ3n) is 3.94. The zero-order valence-corrected chi connectivity index (χ0v) is 16.0. The van der Waals surface area contributed by atoms with E-state index in [1.54, 1.807) is 0 Å². The van der Waals surface area contributed by atoms with Gasteiger partial charge in [0.1, 0.15) is 5.56 Å². The van der Waals surface area contributed by atoms with Crippen LogP contribution in [0.4, 0.5) is 0 Å². The van der Waals surface area contributed by atoms with E-state index < -0.39 is 11.5 Å². The molecule has 6 nitrogen and oxygen atoms in total. The van der Waals surface area contributed by atoms with Crippen molar-refractivity contribution in [3.05, 3.63) is 68.9 Å². The van der Waals surface area contributed by atoms with Crippen LogP contribution in [0.25, 0.3) is 6.08 Å². The summed E-state index contributed by atoms with van der Waals surface area (Å²) in [4.78, 5) is 28.4. The van der Waals surface area contributed by atoms with Crippen LogP contribution in [0.5, 0.6) is 0 Å². The number of unbranched alkanes of at least 4 members (excludes halogenated alkanes) is 3. The van der Waals surface area contributed by atoms with Gasteiger partial charge in [-0.15, -0.1) is 0 Å². The Balaban J connectivity index is 1.52. The first-order valence-corrected chi connectivity index (χ1v) is 9.29. The Morgan fingerprint density at radius 1 is 1.11 bits per heavy atom. The molecule has 1 aromatic heterocycles. The van der Waals surface area contributed by atoms with Crippen LogP contribution < -0.4 is 5.56 Å².